The van der Waals surface area contributed by atoms with Crippen LogP contribution in [0.15, 0.2) is 61.5 Å². The Morgan fingerprint density at radius 1 is 1.35 bits per heavy atom. The number of anilines is 1. The van der Waals surface area contributed by atoms with Gasteiger partial charge in [-0.3, -0.25) is 9.59 Å². The van der Waals surface area contributed by atoms with Gasteiger partial charge in [-0.1, -0.05) is 23.9 Å². The molecule has 2 N–H and O–H groups in total. The van der Waals surface area contributed by atoms with Crippen LogP contribution in [0.4, 0.5) is 5.69 Å². The van der Waals surface area contributed by atoms with Crippen molar-refractivity contribution < 1.29 is 9.21 Å². The number of amides is 1. The third-order valence-corrected chi connectivity index (χ3v) is 4.82. The van der Waals surface area contributed by atoms with E-state index in [0.717, 1.165) is 16.2 Å². The lowest BCUT2D eigenvalue weighted by atomic mass is 10.2. The molecule has 26 heavy (non-hydrogen) atoms. The van der Waals surface area contributed by atoms with E-state index in [-0.39, 0.29) is 28.1 Å². The Balaban J connectivity index is 1.76. The largest absolute Gasteiger partial charge is 0.463 e. The summed E-state index contributed by atoms with van der Waals surface area (Å²) < 4.78 is 6.00. The molecule has 0 aliphatic carbocycles. The Labute approximate surface area is 160 Å². The van der Waals surface area contributed by atoms with Crippen LogP contribution in [0.5, 0.6) is 0 Å². The first-order valence-electron chi connectivity index (χ1n) is 7.34. The molecule has 0 bridgehead atoms. The number of benzene rings is 1. The van der Waals surface area contributed by atoms with Crippen molar-refractivity contribution in [2.24, 2.45) is 0 Å². The first kappa shape index (κ1) is 18.0. The Bertz CT molecular complexity index is 1040. The number of thioether (sulfide) groups is 1. The maximum atomic E-state index is 12.1. The number of nitriles is 1. The van der Waals surface area contributed by atoms with E-state index in [0.29, 0.717) is 11.4 Å². The molecule has 0 unspecified atom stereocenters. The summed E-state index contributed by atoms with van der Waals surface area (Å²) >= 11 is 4.41. The Kier molecular flexibility index (Phi) is 5.55. The van der Waals surface area contributed by atoms with E-state index < -0.39 is 5.56 Å². The van der Waals surface area contributed by atoms with Crippen LogP contribution in [0, 0.1) is 11.3 Å². The van der Waals surface area contributed by atoms with E-state index in [4.69, 9.17) is 4.42 Å². The lowest BCUT2D eigenvalue weighted by Gasteiger charge is -2.07. The number of furan rings is 1. The second-order valence-corrected chi connectivity index (χ2v) is 6.82. The molecule has 2 aromatic heterocycles. The van der Waals surface area contributed by atoms with Crippen LogP contribution in [-0.4, -0.2) is 21.6 Å². The van der Waals surface area contributed by atoms with E-state index >= 15 is 0 Å². The summed E-state index contributed by atoms with van der Waals surface area (Å²) in [5.41, 5.74) is 0.0789. The van der Waals surface area contributed by atoms with Crippen molar-refractivity contribution in [3.8, 4) is 17.5 Å². The molecule has 3 rings (SSSR count). The summed E-state index contributed by atoms with van der Waals surface area (Å²) in [6, 6.07) is 12.3. The molecule has 0 saturated heterocycles. The minimum atomic E-state index is -0.581. The van der Waals surface area contributed by atoms with Crippen LogP contribution in [-0.2, 0) is 4.79 Å². The Morgan fingerprint density at radius 3 is 2.85 bits per heavy atom. The van der Waals surface area contributed by atoms with Crippen molar-refractivity contribution in [1.29, 1.82) is 5.26 Å². The third kappa shape index (κ3) is 4.04. The number of carbonyl (C=O) groups excluding carboxylic acids is 1. The van der Waals surface area contributed by atoms with E-state index in [1.54, 1.807) is 18.2 Å². The number of H-pyrrole nitrogens is 1. The van der Waals surface area contributed by atoms with Crippen molar-refractivity contribution in [3.05, 3.63) is 63.1 Å². The molecule has 0 fully saturated rings. The summed E-state index contributed by atoms with van der Waals surface area (Å²) in [7, 11) is 0. The van der Waals surface area contributed by atoms with E-state index in [2.05, 4.69) is 31.2 Å². The van der Waals surface area contributed by atoms with Crippen molar-refractivity contribution in [1.82, 2.24) is 9.97 Å². The number of rotatable bonds is 5. The topological polar surface area (TPSA) is 112 Å². The number of hydrogen-bond acceptors (Lipinski definition) is 6. The average molecular weight is 431 g/mol. The van der Waals surface area contributed by atoms with Gasteiger partial charge >= 0.3 is 0 Å². The van der Waals surface area contributed by atoms with Gasteiger partial charge in [0.05, 0.1) is 17.7 Å². The van der Waals surface area contributed by atoms with Crippen LogP contribution in [0.25, 0.3) is 11.5 Å². The average Bonchev–Trinajstić information content (AvgIpc) is 3.16. The van der Waals surface area contributed by atoms with E-state index in [9.17, 15) is 14.9 Å². The van der Waals surface area contributed by atoms with Crippen molar-refractivity contribution >= 4 is 39.3 Å². The quantitative estimate of drug-likeness (QED) is 0.473. The molecule has 1 aromatic carbocycles. The fraction of sp³-hybridized carbons (Fsp3) is 0.0588. The zero-order valence-electron chi connectivity index (χ0n) is 13.2. The predicted octanol–water partition coefficient (Wildman–Crippen LogP) is 3.39. The Morgan fingerprint density at radius 2 is 2.15 bits per heavy atom. The van der Waals surface area contributed by atoms with Gasteiger partial charge in [0.1, 0.15) is 17.3 Å². The fourth-order valence-corrected chi connectivity index (χ4v) is 3.14. The molecule has 9 heteroatoms. The van der Waals surface area contributed by atoms with Crippen LogP contribution in [0.1, 0.15) is 5.56 Å². The van der Waals surface area contributed by atoms with Crippen molar-refractivity contribution in [2.45, 2.75) is 5.16 Å². The number of aromatic nitrogens is 2. The number of hydrogen-bond donors (Lipinski definition) is 2. The molecule has 130 valence electrons. The fourth-order valence-electron chi connectivity index (χ4n) is 2.10. The molecule has 2 heterocycles. The molecular weight excluding hydrogens is 420 g/mol. The maximum Gasteiger partial charge on any atom is 0.270 e. The van der Waals surface area contributed by atoms with Gasteiger partial charge in [0.2, 0.25) is 5.91 Å². The summed E-state index contributed by atoms with van der Waals surface area (Å²) in [6.07, 6.45) is 1.43. The number of nitrogens with one attached hydrogen (secondary N) is 2. The number of carbonyl (C=O) groups is 1. The maximum absolute atomic E-state index is 12.1. The summed E-state index contributed by atoms with van der Waals surface area (Å²) in [5, 5.41) is 12.2. The lowest BCUT2D eigenvalue weighted by molar-refractivity contribution is -0.113. The molecule has 0 aliphatic heterocycles. The normalized spacial score (nSPS) is 10.3. The molecule has 0 spiro atoms. The highest BCUT2D eigenvalue weighted by atomic mass is 79.9. The molecule has 3 aromatic rings. The van der Waals surface area contributed by atoms with Gasteiger partial charge in [-0.25, -0.2) is 4.98 Å². The zero-order valence-corrected chi connectivity index (χ0v) is 15.6. The highest BCUT2D eigenvalue weighted by Gasteiger charge is 2.16. The second kappa shape index (κ2) is 8.03. The van der Waals surface area contributed by atoms with Crippen LogP contribution >= 0.6 is 27.7 Å². The smallest absolute Gasteiger partial charge is 0.270 e. The standard InChI is InChI=1S/C17H11BrN4O3S/c18-11-4-1-2-5-12(11)20-14(23)9-26-17-21-15(13-6-3-7-25-13)10(8-19)16(24)22-17/h1-7H,9H2,(H,20,23)(H,21,22,24). The Hall–Kier alpha value is -2.83. The molecular formula is C17H11BrN4O3S. The molecule has 0 radical (unpaired) electrons. The van der Waals surface area contributed by atoms with Gasteiger partial charge in [-0.15, -0.1) is 0 Å². The first-order chi connectivity index (χ1) is 12.6. The van der Waals surface area contributed by atoms with Gasteiger partial charge in [-0.2, -0.15) is 5.26 Å². The van der Waals surface area contributed by atoms with Crippen LogP contribution < -0.4 is 10.9 Å². The molecule has 1 amide bonds. The number of aromatic amines is 1. The lowest BCUT2D eigenvalue weighted by Crippen LogP contribution is -2.17. The van der Waals surface area contributed by atoms with Crippen molar-refractivity contribution in [2.75, 3.05) is 11.1 Å². The number of halogens is 1. The van der Waals surface area contributed by atoms with Gasteiger partial charge < -0.3 is 14.7 Å². The zero-order chi connectivity index (χ0) is 18.5. The molecule has 7 nitrogen and oxygen atoms in total. The highest BCUT2D eigenvalue weighted by molar-refractivity contribution is 9.10. The number of para-hydroxylation sites is 1. The van der Waals surface area contributed by atoms with E-state index in [1.807, 2.05) is 24.3 Å². The third-order valence-electron chi connectivity index (χ3n) is 3.25. The van der Waals surface area contributed by atoms with Crippen LogP contribution in [0.2, 0.25) is 0 Å². The van der Waals surface area contributed by atoms with E-state index in [1.165, 1.54) is 6.26 Å². The molecule has 0 atom stereocenters. The van der Waals surface area contributed by atoms with Gasteiger partial charge in [0, 0.05) is 4.47 Å². The highest BCUT2D eigenvalue weighted by Crippen LogP contribution is 2.24. The SMILES string of the molecule is N#Cc1c(-c2ccco2)nc(SCC(=O)Nc2ccccc2Br)[nH]c1=O. The summed E-state index contributed by atoms with van der Waals surface area (Å²) in [5.74, 6) is 0.0916. The second-order valence-electron chi connectivity index (χ2n) is 5.00. The summed E-state index contributed by atoms with van der Waals surface area (Å²) in [4.78, 5) is 31.0. The minimum Gasteiger partial charge on any atom is -0.463 e. The van der Waals surface area contributed by atoms with Gasteiger partial charge in [0.15, 0.2) is 10.9 Å². The minimum absolute atomic E-state index is 0.0355. The van der Waals surface area contributed by atoms with Crippen LogP contribution in [0.3, 0.4) is 0 Å². The molecule has 0 aliphatic rings. The first-order valence-corrected chi connectivity index (χ1v) is 9.12. The number of nitrogens with zero attached hydrogens (tertiary/aromatic N) is 2. The van der Waals surface area contributed by atoms with Crippen molar-refractivity contribution in [3.63, 3.8) is 0 Å². The monoisotopic (exact) mass is 430 g/mol. The molecule has 0 saturated carbocycles. The summed E-state index contributed by atoms with van der Waals surface area (Å²) in [6.45, 7) is 0. The predicted molar refractivity (Wildman–Crippen MR) is 101 cm³/mol. The van der Waals surface area contributed by atoms with Gasteiger partial charge in [-0.05, 0) is 40.2 Å². The van der Waals surface area contributed by atoms with Gasteiger partial charge in [0.25, 0.3) is 5.56 Å².